The van der Waals surface area contributed by atoms with Gasteiger partial charge in [0.05, 0.1) is 0 Å². The van der Waals surface area contributed by atoms with Crippen molar-refractivity contribution < 1.29 is 4.79 Å². The third-order valence-corrected chi connectivity index (χ3v) is 3.40. The molecular formula is C13H12BrClN2O. The molecular weight excluding hydrogens is 316 g/mol. The van der Waals surface area contributed by atoms with Crippen LogP contribution >= 0.6 is 27.5 Å². The SMILES string of the molecule is Cn1cc(Br)cc1C(=O)NCc1ccccc1Cl. The minimum atomic E-state index is -0.122. The molecule has 94 valence electrons. The van der Waals surface area contributed by atoms with E-state index in [1.165, 1.54) is 0 Å². The molecule has 3 nitrogen and oxygen atoms in total. The summed E-state index contributed by atoms with van der Waals surface area (Å²) in [6, 6.07) is 9.24. The van der Waals surface area contributed by atoms with Crippen LogP contribution in [0.15, 0.2) is 41.0 Å². The minimum absolute atomic E-state index is 0.122. The number of hydrogen-bond donors (Lipinski definition) is 1. The Labute approximate surface area is 119 Å². The van der Waals surface area contributed by atoms with Gasteiger partial charge in [-0.05, 0) is 33.6 Å². The third-order valence-electron chi connectivity index (χ3n) is 2.60. The summed E-state index contributed by atoms with van der Waals surface area (Å²) in [6.07, 6.45) is 1.84. The van der Waals surface area contributed by atoms with Gasteiger partial charge in [-0.15, -0.1) is 0 Å². The Bertz CT molecular complexity index is 580. The summed E-state index contributed by atoms with van der Waals surface area (Å²) in [5, 5.41) is 3.50. The topological polar surface area (TPSA) is 34.0 Å². The molecule has 5 heteroatoms. The highest BCUT2D eigenvalue weighted by atomic mass is 79.9. The Morgan fingerprint density at radius 2 is 2.17 bits per heavy atom. The van der Waals surface area contributed by atoms with Crippen molar-refractivity contribution in [2.24, 2.45) is 7.05 Å². The fourth-order valence-electron chi connectivity index (χ4n) is 1.66. The lowest BCUT2D eigenvalue weighted by Gasteiger charge is -2.07. The fraction of sp³-hybridized carbons (Fsp3) is 0.154. The summed E-state index contributed by atoms with van der Waals surface area (Å²) in [4.78, 5) is 12.0. The summed E-state index contributed by atoms with van der Waals surface area (Å²) in [7, 11) is 1.83. The van der Waals surface area contributed by atoms with E-state index < -0.39 is 0 Å². The molecule has 0 aliphatic rings. The molecule has 0 bridgehead atoms. The van der Waals surface area contributed by atoms with Crippen LogP contribution in [0.3, 0.4) is 0 Å². The lowest BCUT2D eigenvalue weighted by molar-refractivity contribution is 0.0943. The highest BCUT2D eigenvalue weighted by Crippen LogP contribution is 2.16. The molecule has 1 amide bonds. The van der Waals surface area contributed by atoms with Crippen LogP contribution in [0.2, 0.25) is 5.02 Å². The monoisotopic (exact) mass is 326 g/mol. The molecule has 0 atom stereocenters. The second-order valence-electron chi connectivity index (χ2n) is 3.93. The van der Waals surface area contributed by atoms with E-state index in [2.05, 4.69) is 21.2 Å². The average molecular weight is 328 g/mol. The van der Waals surface area contributed by atoms with Crippen LogP contribution in [-0.4, -0.2) is 10.5 Å². The van der Waals surface area contributed by atoms with E-state index >= 15 is 0 Å². The molecule has 0 aliphatic heterocycles. The van der Waals surface area contributed by atoms with E-state index in [1.54, 1.807) is 10.6 Å². The van der Waals surface area contributed by atoms with Gasteiger partial charge < -0.3 is 9.88 Å². The van der Waals surface area contributed by atoms with E-state index in [1.807, 2.05) is 37.5 Å². The maximum Gasteiger partial charge on any atom is 0.268 e. The summed E-state index contributed by atoms with van der Waals surface area (Å²) in [5.41, 5.74) is 1.51. The number of rotatable bonds is 3. The molecule has 0 radical (unpaired) electrons. The van der Waals surface area contributed by atoms with Crippen molar-refractivity contribution in [2.45, 2.75) is 6.54 Å². The van der Waals surface area contributed by atoms with Gasteiger partial charge in [0.1, 0.15) is 5.69 Å². The fourth-order valence-corrected chi connectivity index (χ4v) is 2.38. The Kier molecular flexibility index (Phi) is 4.09. The molecule has 0 saturated heterocycles. The van der Waals surface area contributed by atoms with Gasteiger partial charge >= 0.3 is 0 Å². The zero-order chi connectivity index (χ0) is 13.1. The number of halogens is 2. The van der Waals surface area contributed by atoms with Crippen molar-refractivity contribution in [1.82, 2.24) is 9.88 Å². The van der Waals surface area contributed by atoms with Crippen LogP contribution in [0.4, 0.5) is 0 Å². The van der Waals surface area contributed by atoms with Crippen LogP contribution in [-0.2, 0) is 13.6 Å². The van der Waals surface area contributed by atoms with Gasteiger partial charge in [0.15, 0.2) is 0 Å². The lowest BCUT2D eigenvalue weighted by atomic mass is 10.2. The van der Waals surface area contributed by atoms with E-state index in [0.29, 0.717) is 17.3 Å². The van der Waals surface area contributed by atoms with Crippen molar-refractivity contribution in [3.05, 3.63) is 57.3 Å². The first-order valence-corrected chi connectivity index (χ1v) is 6.58. The van der Waals surface area contributed by atoms with E-state index in [0.717, 1.165) is 10.0 Å². The van der Waals surface area contributed by atoms with Gasteiger partial charge in [-0.3, -0.25) is 4.79 Å². The first-order valence-electron chi connectivity index (χ1n) is 5.41. The second kappa shape index (κ2) is 5.59. The van der Waals surface area contributed by atoms with Crippen LogP contribution in [0.5, 0.6) is 0 Å². The summed E-state index contributed by atoms with van der Waals surface area (Å²) < 4.78 is 2.65. The predicted octanol–water partition coefficient (Wildman–Crippen LogP) is 3.37. The summed E-state index contributed by atoms with van der Waals surface area (Å²) in [6.45, 7) is 0.418. The van der Waals surface area contributed by atoms with Crippen LogP contribution in [0.1, 0.15) is 16.1 Å². The molecule has 1 aromatic heterocycles. The molecule has 1 aromatic carbocycles. The number of hydrogen-bond acceptors (Lipinski definition) is 1. The molecule has 18 heavy (non-hydrogen) atoms. The van der Waals surface area contributed by atoms with Gasteiger partial charge in [-0.1, -0.05) is 29.8 Å². The van der Waals surface area contributed by atoms with E-state index in [-0.39, 0.29) is 5.91 Å². The quantitative estimate of drug-likeness (QED) is 0.921. The zero-order valence-corrected chi connectivity index (χ0v) is 12.1. The number of benzene rings is 1. The van der Waals surface area contributed by atoms with Gasteiger partial charge in [0, 0.05) is 29.3 Å². The van der Waals surface area contributed by atoms with E-state index in [4.69, 9.17) is 11.6 Å². The summed E-state index contributed by atoms with van der Waals surface area (Å²) in [5.74, 6) is -0.122. The van der Waals surface area contributed by atoms with Crippen molar-refractivity contribution in [3.63, 3.8) is 0 Å². The Morgan fingerprint density at radius 1 is 1.44 bits per heavy atom. The first-order chi connectivity index (χ1) is 8.58. The second-order valence-corrected chi connectivity index (χ2v) is 5.25. The van der Waals surface area contributed by atoms with E-state index in [9.17, 15) is 4.79 Å². The molecule has 2 rings (SSSR count). The lowest BCUT2D eigenvalue weighted by Crippen LogP contribution is -2.24. The molecule has 2 aromatic rings. The first kappa shape index (κ1) is 13.2. The number of nitrogens with one attached hydrogen (secondary N) is 1. The number of nitrogens with zero attached hydrogens (tertiary/aromatic N) is 1. The number of amides is 1. The van der Waals surface area contributed by atoms with Crippen molar-refractivity contribution in [3.8, 4) is 0 Å². The standard InChI is InChI=1S/C13H12BrClN2O/c1-17-8-10(14)6-12(17)13(18)16-7-9-4-2-3-5-11(9)15/h2-6,8H,7H2,1H3,(H,16,18). The molecule has 1 heterocycles. The molecule has 0 spiro atoms. The Balaban J connectivity index is 2.05. The van der Waals surface area contributed by atoms with Crippen molar-refractivity contribution >= 4 is 33.4 Å². The molecule has 0 fully saturated rings. The van der Waals surface area contributed by atoms with Gasteiger partial charge in [0.2, 0.25) is 0 Å². The van der Waals surface area contributed by atoms with Crippen LogP contribution in [0, 0.1) is 0 Å². The average Bonchev–Trinajstić information content (AvgIpc) is 2.67. The largest absolute Gasteiger partial charge is 0.347 e. The van der Waals surface area contributed by atoms with Crippen LogP contribution in [0.25, 0.3) is 0 Å². The van der Waals surface area contributed by atoms with Gasteiger partial charge in [-0.2, -0.15) is 0 Å². The molecule has 0 unspecified atom stereocenters. The minimum Gasteiger partial charge on any atom is -0.347 e. The number of aryl methyl sites for hydroxylation is 1. The van der Waals surface area contributed by atoms with Crippen molar-refractivity contribution in [2.75, 3.05) is 0 Å². The zero-order valence-electron chi connectivity index (χ0n) is 9.78. The molecule has 1 N–H and O–H groups in total. The van der Waals surface area contributed by atoms with Crippen LogP contribution < -0.4 is 5.32 Å². The number of carbonyl (C=O) groups is 1. The Hall–Kier alpha value is -1.26. The highest BCUT2D eigenvalue weighted by Gasteiger charge is 2.11. The Morgan fingerprint density at radius 3 is 2.78 bits per heavy atom. The molecule has 0 aliphatic carbocycles. The normalized spacial score (nSPS) is 10.4. The van der Waals surface area contributed by atoms with Gasteiger partial charge in [-0.25, -0.2) is 0 Å². The third kappa shape index (κ3) is 2.94. The summed E-state index contributed by atoms with van der Waals surface area (Å²) >= 11 is 9.36. The number of aromatic nitrogens is 1. The predicted molar refractivity (Wildman–Crippen MR) is 75.7 cm³/mol. The maximum atomic E-state index is 12.0. The maximum absolute atomic E-state index is 12.0. The highest BCUT2D eigenvalue weighted by molar-refractivity contribution is 9.10. The molecule has 0 saturated carbocycles. The van der Waals surface area contributed by atoms with Crippen molar-refractivity contribution in [1.29, 1.82) is 0 Å². The van der Waals surface area contributed by atoms with Gasteiger partial charge in [0.25, 0.3) is 5.91 Å². The smallest absolute Gasteiger partial charge is 0.268 e. The number of carbonyl (C=O) groups excluding carboxylic acids is 1.